The summed E-state index contributed by atoms with van der Waals surface area (Å²) in [5.74, 6) is 0.863. The van der Waals surface area contributed by atoms with Crippen LogP contribution in [0.2, 0.25) is 0 Å². The number of hydrogen-bond acceptors (Lipinski definition) is 5. The van der Waals surface area contributed by atoms with E-state index < -0.39 is 5.82 Å². The second kappa shape index (κ2) is 9.81. The van der Waals surface area contributed by atoms with Crippen LogP contribution in [0.3, 0.4) is 0 Å². The summed E-state index contributed by atoms with van der Waals surface area (Å²) in [6, 6.07) is 11.9. The minimum atomic E-state index is -0.554. The van der Waals surface area contributed by atoms with Crippen LogP contribution >= 0.6 is 0 Å². The number of fused-ring (bicyclic) bond motifs is 1. The van der Waals surface area contributed by atoms with Crippen molar-refractivity contribution in [1.29, 1.82) is 0 Å². The molecule has 1 aliphatic rings. The number of piperidine rings is 1. The third-order valence-corrected chi connectivity index (χ3v) is 6.51. The fourth-order valence-electron chi connectivity index (χ4n) is 4.77. The summed E-state index contributed by atoms with van der Waals surface area (Å²) >= 11 is 0. The van der Waals surface area contributed by atoms with Crippen LogP contribution in [-0.4, -0.2) is 38.8 Å². The monoisotopic (exact) mass is 486 g/mol. The number of carbonyl (C=O) groups is 1. The Morgan fingerprint density at radius 3 is 2.67 bits per heavy atom. The maximum atomic E-state index is 14.5. The SMILES string of the molecule is C=CC(=O)N1CCCC[C@H]1c1nc(-c2ccc(Oc3cccc(OC)c3F)cc2)c2cncc(C)n12. The fourth-order valence-corrected chi connectivity index (χ4v) is 4.77. The maximum absolute atomic E-state index is 14.5. The van der Waals surface area contributed by atoms with Gasteiger partial charge in [0.15, 0.2) is 11.5 Å². The molecule has 1 saturated heterocycles. The highest BCUT2D eigenvalue weighted by molar-refractivity contribution is 5.87. The Morgan fingerprint density at radius 1 is 1.14 bits per heavy atom. The summed E-state index contributed by atoms with van der Waals surface area (Å²) in [7, 11) is 1.41. The Hall–Kier alpha value is -4.20. The average molecular weight is 487 g/mol. The molecule has 1 aliphatic heterocycles. The van der Waals surface area contributed by atoms with Gasteiger partial charge in [-0.1, -0.05) is 12.6 Å². The number of rotatable bonds is 6. The van der Waals surface area contributed by atoms with Crippen molar-refractivity contribution in [3.05, 3.63) is 84.8 Å². The van der Waals surface area contributed by atoms with E-state index in [-0.39, 0.29) is 23.4 Å². The zero-order chi connectivity index (χ0) is 25.2. The van der Waals surface area contributed by atoms with E-state index in [0.29, 0.717) is 12.3 Å². The number of nitrogens with zero attached hydrogens (tertiary/aromatic N) is 4. The van der Waals surface area contributed by atoms with Crippen molar-refractivity contribution in [3.8, 4) is 28.5 Å². The average Bonchev–Trinajstić information content (AvgIpc) is 3.31. The van der Waals surface area contributed by atoms with Crippen molar-refractivity contribution in [3.63, 3.8) is 0 Å². The predicted octanol–water partition coefficient (Wildman–Crippen LogP) is 5.88. The maximum Gasteiger partial charge on any atom is 0.246 e. The molecule has 0 N–H and O–H groups in total. The van der Waals surface area contributed by atoms with Crippen LogP contribution in [0.5, 0.6) is 17.2 Å². The third-order valence-electron chi connectivity index (χ3n) is 6.51. The number of aromatic nitrogens is 3. The summed E-state index contributed by atoms with van der Waals surface area (Å²) in [6.07, 6.45) is 7.77. The predicted molar refractivity (Wildman–Crippen MR) is 135 cm³/mol. The Kier molecular flexibility index (Phi) is 6.41. The van der Waals surface area contributed by atoms with E-state index in [1.807, 2.05) is 24.0 Å². The number of hydrogen-bond donors (Lipinski definition) is 0. The number of carbonyl (C=O) groups excluding carboxylic acids is 1. The van der Waals surface area contributed by atoms with Crippen molar-refractivity contribution < 1.29 is 18.7 Å². The second-order valence-corrected chi connectivity index (χ2v) is 8.73. The summed E-state index contributed by atoms with van der Waals surface area (Å²) in [4.78, 5) is 23.9. The van der Waals surface area contributed by atoms with E-state index in [2.05, 4.69) is 16.0 Å². The van der Waals surface area contributed by atoms with E-state index in [4.69, 9.17) is 14.5 Å². The van der Waals surface area contributed by atoms with Gasteiger partial charge in [-0.15, -0.1) is 0 Å². The van der Waals surface area contributed by atoms with Gasteiger partial charge in [0.25, 0.3) is 0 Å². The lowest BCUT2D eigenvalue weighted by molar-refractivity contribution is -0.129. The van der Waals surface area contributed by atoms with E-state index in [0.717, 1.165) is 47.6 Å². The molecule has 0 radical (unpaired) electrons. The van der Waals surface area contributed by atoms with Crippen molar-refractivity contribution in [2.75, 3.05) is 13.7 Å². The summed E-state index contributed by atoms with van der Waals surface area (Å²) in [5.41, 5.74) is 3.42. The minimum absolute atomic E-state index is 0.0842. The molecule has 2 aromatic heterocycles. The van der Waals surface area contributed by atoms with Crippen molar-refractivity contribution in [2.45, 2.75) is 32.2 Å². The largest absolute Gasteiger partial charge is 0.494 e. The highest BCUT2D eigenvalue weighted by Gasteiger charge is 2.31. The molecule has 1 atom stereocenters. The van der Waals surface area contributed by atoms with Gasteiger partial charge in [-0.2, -0.15) is 4.39 Å². The Balaban J connectivity index is 1.52. The zero-order valence-corrected chi connectivity index (χ0v) is 20.3. The van der Waals surface area contributed by atoms with Crippen LogP contribution in [0.4, 0.5) is 4.39 Å². The van der Waals surface area contributed by atoms with Crippen LogP contribution in [0.25, 0.3) is 16.8 Å². The van der Waals surface area contributed by atoms with Crippen LogP contribution in [-0.2, 0) is 4.79 Å². The first-order valence-corrected chi connectivity index (χ1v) is 11.9. The molecule has 8 heteroatoms. The molecule has 4 aromatic rings. The quantitative estimate of drug-likeness (QED) is 0.318. The molecular weight excluding hydrogens is 459 g/mol. The van der Waals surface area contributed by atoms with E-state index >= 15 is 0 Å². The molecule has 1 fully saturated rings. The number of methoxy groups -OCH3 is 1. The van der Waals surface area contributed by atoms with E-state index in [1.165, 1.54) is 13.2 Å². The summed E-state index contributed by atoms with van der Waals surface area (Å²) in [6.45, 7) is 6.34. The van der Waals surface area contributed by atoms with Gasteiger partial charge in [0.05, 0.1) is 30.6 Å². The molecule has 2 aromatic carbocycles. The zero-order valence-electron chi connectivity index (χ0n) is 20.3. The first kappa shape index (κ1) is 23.5. The highest BCUT2D eigenvalue weighted by Crippen LogP contribution is 2.36. The lowest BCUT2D eigenvalue weighted by Gasteiger charge is -2.34. The number of ether oxygens (including phenoxy) is 2. The van der Waals surface area contributed by atoms with Crippen LogP contribution in [0.15, 0.2) is 67.5 Å². The Morgan fingerprint density at radius 2 is 1.92 bits per heavy atom. The van der Waals surface area contributed by atoms with Gasteiger partial charge in [0.2, 0.25) is 11.7 Å². The standard InChI is InChI=1S/C28H27FN4O3/c1-4-25(34)32-15-6-5-8-21(32)28-31-27(22-17-30-16-18(2)33(22)28)19-11-13-20(14-12-19)36-24-10-7-9-23(35-3)26(24)29/h4,7,9-14,16-17,21H,1,5-6,8,15H2,2-3H3/t21-/m0/s1. The molecule has 3 heterocycles. The first-order chi connectivity index (χ1) is 17.5. The molecule has 0 saturated carbocycles. The lowest BCUT2D eigenvalue weighted by Crippen LogP contribution is -2.38. The first-order valence-electron chi connectivity index (χ1n) is 11.9. The van der Waals surface area contributed by atoms with Crippen LogP contribution in [0, 0.1) is 12.7 Å². The molecule has 0 aliphatic carbocycles. The molecular formula is C28H27FN4O3. The fraction of sp³-hybridized carbons (Fsp3) is 0.250. The number of halogens is 1. The van der Waals surface area contributed by atoms with Gasteiger partial charge in [-0.05, 0) is 68.7 Å². The van der Waals surface area contributed by atoms with Gasteiger partial charge >= 0.3 is 0 Å². The molecule has 5 rings (SSSR count). The van der Waals surface area contributed by atoms with Gasteiger partial charge < -0.3 is 14.4 Å². The number of likely N-dealkylation sites (tertiary alicyclic amines) is 1. The van der Waals surface area contributed by atoms with Gasteiger partial charge in [-0.25, -0.2) is 4.98 Å². The molecule has 1 amide bonds. The topological polar surface area (TPSA) is 69.0 Å². The molecule has 36 heavy (non-hydrogen) atoms. The van der Waals surface area contributed by atoms with Crippen LogP contribution < -0.4 is 9.47 Å². The van der Waals surface area contributed by atoms with E-state index in [1.54, 1.807) is 42.7 Å². The lowest BCUT2D eigenvalue weighted by atomic mass is 10.0. The number of imidazole rings is 1. The van der Waals surface area contributed by atoms with Crippen molar-refractivity contribution >= 4 is 11.4 Å². The van der Waals surface area contributed by atoms with Gasteiger partial charge in [0, 0.05) is 24.0 Å². The normalized spacial score (nSPS) is 15.6. The molecule has 0 unspecified atom stereocenters. The smallest absolute Gasteiger partial charge is 0.246 e. The molecule has 184 valence electrons. The molecule has 0 spiro atoms. The third kappa shape index (κ3) is 4.19. The van der Waals surface area contributed by atoms with Crippen molar-refractivity contribution in [2.24, 2.45) is 0 Å². The van der Waals surface area contributed by atoms with Gasteiger partial charge in [0.1, 0.15) is 11.6 Å². The van der Waals surface area contributed by atoms with E-state index in [9.17, 15) is 9.18 Å². The number of benzene rings is 2. The Labute approximate surface area is 208 Å². The van der Waals surface area contributed by atoms with Crippen LogP contribution in [0.1, 0.15) is 36.8 Å². The van der Waals surface area contributed by atoms with Gasteiger partial charge in [-0.3, -0.25) is 14.2 Å². The molecule has 7 nitrogen and oxygen atoms in total. The molecule has 0 bridgehead atoms. The Bertz CT molecular complexity index is 1430. The summed E-state index contributed by atoms with van der Waals surface area (Å²) in [5, 5.41) is 0. The second-order valence-electron chi connectivity index (χ2n) is 8.73. The highest BCUT2D eigenvalue weighted by atomic mass is 19.1. The number of amides is 1. The number of aryl methyl sites for hydroxylation is 1. The van der Waals surface area contributed by atoms with Crippen molar-refractivity contribution in [1.82, 2.24) is 19.3 Å². The minimum Gasteiger partial charge on any atom is -0.494 e. The summed E-state index contributed by atoms with van der Waals surface area (Å²) < 4.78 is 27.4.